The average Bonchev–Trinajstić information content (AvgIpc) is 2.63. The molecule has 0 fully saturated rings. The van der Waals surface area contributed by atoms with E-state index >= 15 is 0 Å². The molecule has 7 nitrogen and oxygen atoms in total. The van der Waals surface area contributed by atoms with Gasteiger partial charge in [-0.25, -0.2) is 13.6 Å². The van der Waals surface area contributed by atoms with E-state index in [2.05, 4.69) is 9.82 Å². The Bertz CT molecular complexity index is 999. The number of ether oxygens (including phenoxy) is 1. The Balaban J connectivity index is 2.08. The number of aryl methyl sites for hydroxylation is 1. The van der Waals surface area contributed by atoms with Crippen LogP contribution in [0.4, 0.5) is 0 Å². The molecule has 0 saturated carbocycles. The van der Waals surface area contributed by atoms with Gasteiger partial charge in [-0.05, 0) is 23.8 Å². The van der Waals surface area contributed by atoms with E-state index in [0.717, 1.165) is 16.5 Å². The maximum atomic E-state index is 12.4. The van der Waals surface area contributed by atoms with Crippen LogP contribution in [0.25, 0.3) is 22.0 Å². The summed E-state index contributed by atoms with van der Waals surface area (Å²) in [5, 5.41) is 5.67. The average molecular weight is 359 g/mol. The van der Waals surface area contributed by atoms with Gasteiger partial charge < -0.3 is 4.74 Å². The lowest BCUT2D eigenvalue weighted by molar-refractivity contribution is 0.415. The number of nitrogens with zero attached hydrogens (tertiary/aromatic N) is 2. The number of fused-ring (bicyclic) bond motifs is 1. The number of hydrogen-bond donors (Lipinski definition) is 2. The smallest absolute Gasteiger partial charge is 0.274 e. The molecule has 1 unspecified atom stereocenters. The molecule has 2 aromatic carbocycles. The summed E-state index contributed by atoms with van der Waals surface area (Å²) in [5.74, 6) is 0.611. The largest absolute Gasteiger partial charge is 0.497 e. The zero-order chi connectivity index (χ0) is 18.0. The Kier molecular flexibility index (Phi) is 4.93. The molecule has 3 aromatic rings. The third-order valence-corrected chi connectivity index (χ3v) is 4.27. The molecule has 0 radical (unpaired) electrons. The van der Waals surface area contributed by atoms with Gasteiger partial charge in [0.2, 0.25) is 11.3 Å². The summed E-state index contributed by atoms with van der Waals surface area (Å²) < 4.78 is 28.4. The molecule has 0 bridgehead atoms. The lowest BCUT2D eigenvalue weighted by atomic mass is 10.0. The van der Waals surface area contributed by atoms with Crippen LogP contribution >= 0.6 is 0 Å². The van der Waals surface area contributed by atoms with Crippen LogP contribution in [0.5, 0.6) is 5.75 Å². The molecule has 1 heterocycles. The van der Waals surface area contributed by atoms with Gasteiger partial charge in [0.15, 0.2) is 0 Å². The Morgan fingerprint density at radius 3 is 2.56 bits per heavy atom. The third-order valence-electron chi connectivity index (χ3n) is 3.88. The SMILES string of the molecule is COc1ccc2c(-c3ccc(CNS(=O)O)cc3)nn(C)c(=O)c2c1. The molecular formula is C17H17N3O4S. The van der Waals surface area contributed by atoms with Gasteiger partial charge in [0.05, 0.1) is 18.2 Å². The van der Waals surface area contributed by atoms with Gasteiger partial charge in [0.1, 0.15) is 5.75 Å². The van der Waals surface area contributed by atoms with Crippen LogP contribution in [0.2, 0.25) is 0 Å². The summed E-state index contributed by atoms with van der Waals surface area (Å²) in [6, 6.07) is 12.7. The van der Waals surface area contributed by atoms with Crippen molar-refractivity contribution in [1.29, 1.82) is 0 Å². The molecule has 0 aliphatic rings. The van der Waals surface area contributed by atoms with Gasteiger partial charge in [-0.1, -0.05) is 24.3 Å². The van der Waals surface area contributed by atoms with Crippen LogP contribution in [0.15, 0.2) is 47.3 Å². The highest BCUT2D eigenvalue weighted by Gasteiger charge is 2.12. The second-order valence-electron chi connectivity index (χ2n) is 5.46. The minimum Gasteiger partial charge on any atom is -0.497 e. The van der Waals surface area contributed by atoms with Gasteiger partial charge in [-0.3, -0.25) is 9.35 Å². The van der Waals surface area contributed by atoms with E-state index in [9.17, 15) is 9.00 Å². The van der Waals surface area contributed by atoms with Crippen molar-refractivity contribution >= 4 is 22.0 Å². The van der Waals surface area contributed by atoms with E-state index in [0.29, 0.717) is 16.8 Å². The van der Waals surface area contributed by atoms with E-state index in [4.69, 9.17) is 9.29 Å². The first-order valence-electron chi connectivity index (χ1n) is 7.48. The van der Waals surface area contributed by atoms with E-state index < -0.39 is 11.3 Å². The Hall–Kier alpha value is -2.55. The van der Waals surface area contributed by atoms with Crippen molar-refractivity contribution in [2.45, 2.75) is 6.54 Å². The van der Waals surface area contributed by atoms with E-state index in [1.807, 2.05) is 30.3 Å². The maximum Gasteiger partial charge on any atom is 0.274 e. The molecule has 3 rings (SSSR count). The number of nitrogens with one attached hydrogen (secondary N) is 1. The Labute approximate surface area is 146 Å². The van der Waals surface area contributed by atoms with Gasteiger partial charge >= 0.3 is 0 Å². The van der Waals surface area contributed by atoms with E-state index in [1.54, 1.807) is 26.3 Å². The van der Waals surface area contributed by atoms with Crippen molar-refractivity contribution in [1.82, 2.24) is 14.5 Å². The molecular weight excluding hydrogens is 342 g/mol. The minimum absolute atomic E-state index is 0.191. The minimum atomic E-state index is -2.05. The first-order chi connectivity index (χ1) is 12.0. The number of rotatable bonds is 5. The van der Waals surface area contributed by atoms with E-state index in [-0.39, 0.29) is 12.1 Å². The van der Waals surface area contributed by atoms with Crippen LogP contribution in [-0.4, -0.2) is 25.7 Å². The quantitative estimate of drug-likeness (QED) is 0.678. The first kappa shape index (κ1) is 17.3. The van der Waals surface area contributed by atoms with Gasteiger partial charge in [0, 0.05) is 24.5 Å². The predicted molar refractivity (Wildman–Crippen MR) is 96.6 cm³/mol. The zero-order valence-corrected chi connectivity index (χ0v) is 14.5. The molecule has 130 valence electrons. The summed E-state index contributed by atoms with van der Waals surface area (Å²) in [6.07, 6.45) is 0. The van der Waals surface area contributed by atoms with Crippen molar-refractivity contribution in [3.8, 4) is 17.0 Å². The van der Waals surface area contributed by atoms with Crippen molar-refractivity contribution in [2.24, 2.45) is 7.05 Å². The summed E-state index contributed by atoms with van der Waals surface area (Å²) >= 11 is -2.05. The van der Waals surface area contributed by atoms with Crippen molar-refractivity contribution < 1.29 is 13.5 Å². The highest BCUT2D eigenvalue weighted by atomic mass is 32.2. The molecule has 0 saturated heterocycles. The maximum absolute atomic E-state index is 12.4. The fraction of sp³-hybridized carbons (Fsp3) is 0.176. The second-order valence-corrected chi connectivity index (χ2v) is 6.24. The van der Waals surface area contributed by atoms with Crippen molar-refractivity contribution in [2.75, 3.05) is 7.11 Å². The lowest BCUT2D eigenvalue weighted by Crippen LogP contribution is -2.20. The Morgan fingerprint density at radius 1 is 1.20 bits per heavy atom. The van der Waals surface area contributed by atoms with Gasteiger partial charge in [-0.2, -0.15) is 5.10 Å². The van der Waals surface area contributed by atoms with E-state index in [1.165, 1.54) is 4.68 Å². The number of aromatic nitrogens is 2. The summed E-state index contributed by atoms with van der Waals surface area (Å²) in [6.45, 7) is 0.280. The molecule has 1 atom stereocenters. The lowest BCUT2D eigenvalue weighted by Gasteiger charge is -2.10. The summed E-state index contributed by atoms with van der Waals surface area (Å²) in [4.78, 5) is 12.4. The second kappa shape index (κ2) is 7.14. The van der Waals surface area contributed by atoms with Crippen LogP contribution in [0.3, 0.4) is 0 Å². The molecule has 25 heavy (non-hydrogen) atoms. The monoisotopic (exact) mass is 359 g/mol. The zero-order valence-electron chi connectivity index (χ0n) is 13.7. The van der Waals surface area contributed by atoms with Gasteiger partial charge in [0.25, 0.3) is 5.56 Å². The number of methoxy groups -OCH3 is 1. The first-order valence-corrected chi connectivity index (χ1v) is 8.59. The highest BCUT2D eigenvalue weighted by molar-refractivity contribution is 7.77. The number of benzene rings is 2. The highest BCUT2D eigenvalue weighted by Crippen LogP contribution is 2.27. The van der Waals surface area contributed by atoms with Crippen LogP contribution < -0.4 is 15.0 Å². The normalized spacial score (nSPS) is 12.3. The number of hydrogen-bond acceptors (Lipinski definition) is 4. The topological polar surface area (TPSA) is 93.4 Å². The summed E-state index contributed by atoms with van der Waals surface area (Å²) in [5.41, 5.74) is 2.20. The van der Waals surface area contributed by atoms with Crippen LogP contribution in [0, 0.1) is 0 Å². The fourth-order valence-corrected chi connectivity index (χ4v) is 2.89. The molecule has 1 aromatic heterocycles. The summed E-state index contributed by atoms with van der Waals surface area (Å²) in [7, 11) is 3.17. The van der Waals surface area contributed by atoms with Crippen molar-refractivity contribution in [3.63, 3.8) is 0 Å². The van der Waals surface area contributed by atoms with Crippen LogP contribution in [0.1, 0.15) is 5.56 Å². The molecule has 0 aliphatic heterocycles. The Morgan fingerprint density at radius 2 is 1.92 bits per heavy atom. The fourth-order valence-electron chi connectivity index (χ4n) is 2.60. The molecule has 8 heteroatoms. The molecule has 2 N–H and O–H groups in total. The van der Waals surface area contributed by atoms with Crippen LogP contribution in [-0.2, 0) is 24.9 Å². The van der Waals surface area contributed by atoms with Gasteiger partial charge in [-0.15, -0.1) is 0 Å². The predicted octanol–water partition coefficient (Wildman–Crippen LogP) is 1.84. The molecule has 0 amide bonds. The standard InChI is InChI=1S/C17H17N3O4S/c1-20-17(21)15-9-13(24-2)7-8-14(15)16(19-20)12-5-3-11(4-6-12)10-18-25(22)23/h3-9,18H,10H2,1-2H3,(H,22,23). The molecule has 0 aliphatic carbocycles. The van der Waals surface area contributed by atoms with Crippen molar-refractivity contribution in [3.05, 3.63) is 58.4 Å². The third kappa shape index (κ3) is 3.60. The molecule has 0 spiro atoms.